The van der Waals surface area contributed by atoms with Crippen LogP contribution in [0.4, 0.5) is 6.01 Å². The van der Waals surface area contributed by atoms with Crippen LogP contribution in [0.3, 0.4) is 0 Å². The molecule has 1 aliphatic carbocycles. The summed E-state index contributed by atoms with van der Waals surface area (Å²) >= 11 is 0. The third kappa shape index (κ3) is 4.42. The van der Waals surface area contributed by atoms with E-state index < -0.39 is 0 Å². The van der Waals surface area contributed by atoms with Crippen molar-refractivity contribution >= 4 is 18.6 Å². The Morgan fingerprint density at radius 3 is 2.31 bits per heavy atom. The molecule has 0 atom stereocenters. The van der Waals surface area contributed by atoms with Crippen LogP contribution in [0.5, 0.6) is 0 Å². The summed E-state index contributed by atoms with van der Waals surface area (Å²) in [4.78, 5) is 21.5. The number of nitrogens with one attached hydrogen (secondary N) is 2. The van der Waals surface area contributed by atoms with Gasteiger partial charge in [0.15, 0.2) is 0 Å². The van der Waals surface area contributed by atoms with Gasteiger partial charge in [0.2, 0.25) is 0 Å². The molecule has 2 N–H and O–H groups in total. The number of anilines is 1. The first-order valence-electron chi connectivity index (χ1n) is 9.00. The number of carbonyl (C=O) groups is 1. The van der Waals surface area contributed by atoms with Gasteiger partial charge in [-0.2, -0.15) is 4.98 Å². The largest absolute Gasteiger partial charge is 0.428 e. The summed E-state index contributed by atoms with van der Waals surface area (Å²) in [5, 5.41) is 6.24. The number of oxazole rings is 1. The van der Waals surface area contributed by atoms with Crippen LogP contribution in [0, 0.1) is 19.8 Å². The van der Waals surface area contributed by atoms with Crippen molar-refractivity contribution in [2.24, 2.45) is 10.9 Å². The van der Waals surface area contributed by atoms with Crippen LogP contribution in [0.15, 0.2) is 31.9 Å². The molecule has 6 heteroatoms. The minimum atomic E-state index is -0.251. The van der Waals surface area contributed by atoms with Crippen molar-refractivity contribution in [2.75, 3.05) is 5.32 Å². The third-order valence-electron chi connectivity index (χ3n) is 4.66. The molecular formula is C20H30N4O2. The Labute approximate surface area is 155 Å². The number of hydrogen-bond donors (Lipinski definition) is 2. The summed E-state index contributed by atoms with van der Waals surface area (Å²) in [5.74, 6) is 1.20. The molecule has 0 bridgehead atoms. The molecule has 0 aliphatic heterocycles. The minimum absolute atomic E-state index is 0.0384. The molecular weight excluding hydrogens is 328 g/mol. The number of rotatable bonds is 7. The third-order valence-corrected chi connectivity index (χ3v) is 4.66. The zero-order chi connectivity index (χ0) is 19.6. The number of aliphatic imine (C=N–C) groups is 1. The van der Waals surface area contributed by atoms with Crippen molar-refractivity contribution < 1.29 is 9.21 Å². The minimum Gasteiger partial charge on any atom is -0.428 e. The highest BCUT2D eigenvalue weighted by Crippen LogP contribution is 2.37. The van der Waals surface area contributed by atoms with Gasteiger partial charge in [-0.25, -0.2) is 4.99 Å². The van der Waals surface area contributed by atoms with Crippen LogP contribution >= 0.6 is 0 Å². The molecule has 1 saturated carbocycles. The molecule has 0 radical (unpaired) electrons. The van der Waals surface area contributed by atoms with Crippen LogP contribution in [0.25, 0.3) is 0 Å². The van der Waals surface area contributed by atoms with Crippen molar-refractivity contribution in [3.63, 3.8) is 0 Å². The number of hydrogen-bond acceptors (Lipinski definition) is 5. The quantitative estimate of drug-likeness (QED) is 0.433. The van der Waals surface area contributed by atoms with Crippen LogP contribution < -0.4 is 10.6 Å². The summed E-state index contributed by atoms with van der Waals surface area (Å²) < 4.78 is 5.50. The summed E-state index contributed by atoms with van der Waals surface area (Å²) in [6.07, 6.45) is 2.17. The van der Waals surface area contributed by atoms with Gasteiger partial charge < -0.3 is 9.73 Å². The standard InChI is InChI=1S/C20H30N4O2/c1-11(2)15(17(21-8)24-20(7)9-10-20)16(12(3)4)18(25)23-19-22-13(5)14(6)26-19/h11,24H,8-10H2,1-7H3,(H,22,23,25)/b17-15-. The van der Waals surface area contributed by atoms with Crippen molar-refractivity contribution in [3.05, 3.63) is 34.0 Å². The number of nitrogens with zero attached hydrogens (tertiary/aromatic N) is 2. The van der Waals surface area contributed by atoms with Gasteiger partial charge in [-0.1, -0.05) is 19.4 Å². The van der Waals surface area contributed by atoms with Gasteiger partial charge in [0.25, 0.3) is 5.91 Å². The van der Waals surface area contributed by atoms with Gasteiger partial charge >= 0.3 is 6.01 Å². The van der Waals surface area contributed by atoms with Crippen molar-refractivity contribution in [2.45, 2.75) is 66.8 Å². The van der Waals surface area contributed by atoms with Crippen LogP contribution in [0.1, 0.15) is 58.9 Å². The second-order valence-corrected chi connectivity index (χ2v) is 7.75. The molecule has 1 aromatic heterocycles. The van der Waals surface area contributed by atoms with Crippen LogP contribution in [-0.2, 0) is 4.79 Å². The predicted octanol–water partition coefficient (Wildman–Crippen LogP) is 4.28. The van der Waals surface area contributed by atoms with E-state index in [1.807, 2.05) is 41.5 Å². The van der Waals surface area contributed by atoms with Crippen LogP contribution in [0.2, 0.25) is 0 Å². The SMILES string of the molecule is C=N/C(NC1(C)CC1)=C(/C(C(=O)Nc1nc(C)c(C)o1)=C(C)C)C(C)C. The lowest BCUT2D eigenvalue weighted by molar-refractivity contribution is -0.112. The van der Waals surface area contributed by atoms with Gasteiger partial charge in [-0.15, -0.1) is 0 Å². The van der Waals surface area contributed by atoms with E-state index in [-0.39, 0.29) is 23.4 Å². The molecule has 0 unspecified atom stereocenters. The topological polar surface area (TPSA) is 79.5 Å². The Bertz CT molecular complexity index is 756. The highest BCUT2D eigenvalue weighted by atomic mass is 16.4. The molecule has 1 amide bonds. The molecule has 1 aromatic rings. The average molecular weight is 358 g/mol. The maximum atomic E-state index is 13.0. The van der Waals surface area contributed by atoms with E-state index in [0.29, 0.717) is 17.2 Å². The van der Waals surface area contributed by atoms with Crippen LogP contribution in [-0.4, -0.2) is 23.1 Å². The highest BCUT2D eigenvalue weighted by Gasteiger charge is 2.38. The maximum absolute atomic E-state index is 13.0. The van der Waals surface area contributed by atoms with Crippen molar-refractivity contribution in [1.82, 2.24) is 10.3 Å². The summed E-state index contributed by atoms with van der Waals surface area (Å²) in [5.41, 5.74) is 3.14. The molecule has 2 rings (SSSR count). The van der Waals surface area contributed by atoms with Gasteiger partial charge in [-0.3, -0.25) is 10.1 Å². The molecule has 26 heavy (non-hydrogen) atoms. The van der Waals surface area contributed by atoms with E-state index in [9.17, 15) is 4.79 Å². The molecule has 1 fully saturated rings. The summed E-state index contributed by atoms with van der Waals surface area (Å²) in [7, 11) is 0. The van der Waals surface area contributed by atoms with E-state index in [4.69, 9.17) is 4.42 Å². The van der Waals surface area contributed by atoms with E-state index in [1.165, 1.54) is 0 Å². The van der Waals surface area contributed by atoms with Gasteiger partial charge in [0.1, 0.15) is 11.6 Å². The van der Waals surface area contributed by atoms with E-state index in [1.54, 1.807) is 0 Å². The summed E-state index contributed by atoms with van der Waals surface area (Å²) in [6, 6.07) is 0.210. The second kappa shape index (κ2) is 7.48. The Morgan fingerprint density at radius 1 is 1.31 bits per heavy atom. The fourth-order valence-electron chi connectivity index (χ4n) is 2.78. The number of amides is 1. The fourth-order valence-corrected chi connectivity index (χ4v) is 2.78. The number of aryl methyl sites for hydroxylation is 2. The van der Waals surface area contributed by atoms with E-state index in [0.717, 1.165) is 29.7 Å². The zero-order valence-corrected chi connectivity index (χ0v) is 16.9. The lowest BCUT2D eigenvalue weighted by Gasteiger charge is -2.22. The Hall–Kier alpha value is -2.37. The first-order valence-corrected chi connectivity index (χ1v) is 9.00. The Balaban J connectivity index is 2.42. The van der Waals surface area contributed by atoms with Gasteiger partial charge in [-0.05, 0) is 60.1 Å². The van der Waals surface area contributed by atoms with E-state index in [2.05, 4.69) is 34.3 Å². The fraction of sp³-hybridized carbons (Fsp3) is 0.550. The first kappa shape index (κ1) is 19.9. The molecule has 142 valence electrons. The lowest BCUT2D eigenvalue weighted by atomic mass is 9.91. The lowest BCUT2D eigenvalue weighted by Crippen LogP contribution is -2.30. The van der Waals surface area contributed by atoms with E-state index >= 15 is 0 Å². The smallest absolute Gasteiger partial charge is 0.302 e. The highest BCUT2D eigenvalue weighted by molar-refractivity contribution is 6.06. The predicted molar refractivity (Wildman–Crippen MR) is 105 cm³/mol. The number of carbonyl (C=O) groups excluding carboxylic acids is 1. The van der Waals surface area contributed by atoms with Gasteiger partial charge in [0, 0.05) is 16.7 Å². The van der Waals surface area contributed by atoms with Gasteiger partial charge in [0.05, 0.1) is 5.69 Å². The van der Waals surface area contributed by atoms with Crippen molar-refractivity contribution in [3.8, 4) is 0 Å². The molecule has 0 saturated heterocycles. The summed E-state index contributed by atoms with van der Waals surface area (Å²) in [6.45, 7) is 17.5. The number of aromatic nitrogens is 1. The average Bonchev–Trinajstić information content (AvgIpc) is 3.18. The molecule has 0 aromatic carbocycles. The number of allylic oxidation sites excluding steroid dienone is 1. The maximum Gasteiger partial charge on any atom is 0.302 e. The molecule has 6 nitrogen and oxygen atoms in total. The second-order valence-electron chi connectivity index (χ2n) is 7.75. The van der Waals surface area contributed by atoms with Crippen molar-refractivity contribution in [1.29, 1.82) is 0 Å². The Kier molecular flexibility index (Phi) is 5.74. The normalized spacial score (nSPS) is 16.0. The molecule has 0 spiro atoms. The molecule has 1 heterocycles. The monoisotopic (exact) mass is 358 g/mol. The molecule has 1 aliphatic rings. The Morgan fingerprint density at radius 2 is 1.92 bits per heavy atom. The first-order chi connectivity index (χ1) is 12.1. The zero-order valence-electron chi connectivity index (χ0n) is 16.9.